The minimum absolute atomic E-state index is 0.258. The van der Waals surface area contributed by atoms with E-state index in [2.05, 4.69) is 17.0 Å². The number of carbonyl (C=O) groups excluding carboxylic acids is 2. The standard InChI is InChI=1S/C22H35NO8/c1-20(24)30-18-16-28-14-12-26-10-8-23(22-6-4-3-5-7-22)9-11-27-13-15-29-17-19-31-21(2)25/h3-7H,8-19H2,1-2H3. The molecule has 9 nitrogen and oxygen atoms in total. The summed E-state index contributed by atoms with van der Waals surface area (Å²) in [5, 5.41) is 0. The molecule has 0 saturated carbocycles. The van der Waals surface area contributed by atoms with Gasteiger partial charge in [-0.1, -0.05) is 18.2 Å². The number of hydrogen-bond acceptors (Lipinski definition) is 9. The molecule has 0 aliphatic heterocycles. The van der Waals surface area contributed by atoms with Crippen LogP contribution in [0.5, 0.6) is 0 Å². The SMILES string of the molecule is CC(=O)OCCOCCOCCN(CCOCCOCCOC(C)=O)c1ccccc1. The van der Waals surface area contributed by atoms with Gasteiger partial charge in [-0.25, -0.2) is 0 Å². The lowest BCUT2D eigenvalue weighted by Crippen LogP contribution is -2.31. The molecule has 0 saturated heterocycles. The molecule has 176 valence electrons. The lowest BCUT2D eigenvalue weighted by atomic mass is 10.3. The minimum Gasteiger partial charge on any atom is -0.463 e. The highest BCUT2D eigenvalue weighted by Crippen LogP contribution is 2.12. The van der Waals surface area contributed by atoms with E-state index in [-0.39, 0.29) is 25.2 Å². The third-order valence-corrected chi connectivity index (χ3v) is 3.94. The van der Waals surface area contributed by atoms with Crippen molar-refractivity contribution in [2.45, 2.75) is 13.8 Å². The number of benzene rings is 1. The Hall–Kier alpha value is -2.20. The van der Waals surface area contributed by atoms with Crippen LogP contribution in [-0.2, 0) is 38.0 Å². The highest BCUT2D eigenvalue weighted by Gasteiger charge is 2.06. The fourth-order valence-corrected chi connectivity index (χ4v) is 2.49. The van der Waals surface area contributed by atoms with Crippen molar-refractivity contribution < 1.29 is 38.0 Å². The zero-order chi connectivity index (χ0) is 22.6. The molecule has 1 aromatic carbocycles. The van der Waals surface area contributed by atoms with Crippen LogP contribution in [0.25, 0.3) is 0 Å². The molecule has 1 aromatic rings. The van der Waals surface area contributed by atoms with Gasteiger partial charge in [0.2, 0.25) is 0 Å². The molecule has 0 unspecified atom stereocenters. The van der Waals surface area contributed by atoms with E-state index in [4.69, 9.17) is 28.4 Å². The number of anilines is 1. The number of hydrogen-bond donors (Lipinski definition) is 0. The number of rotatable bonds is 19. The van der Waals surface area contributed by atoms with Crippen molar-refractivity contribution in [3.63, 3.8) is 0 Å². The van der Waals surface area contributed by atoms with Gasteiger partial charge in [0.1, 0.15) is 13.2 Å². The van der Waals surface area contributed by atoms with Gasteiger partial charge in [0.25, 0.3) is 0 Å². The third-order valence-electron chi connectivity index (χ3n) is 3.94. The van der Waals surface area contributed by atoms with Crippen LogP contribution < -0.4 is 4.90 Å². The quantitative estimate of drug-likeness (QED) is 0.235. The monoisotopic (exact) mass is 441 g/mol. The average Bonchev–Trinajstić information content (AvgIpc) is 2.75. The van der Waals surface area contributed by atoms with Gasteiger partial charge in [-0.2, -0.15) is 0 Å². The van der Waals surface area contributed by atoms with Crippen molar-refractivity contribution in [3.8, 4) is 0 Å². The first-order valence-electron chi connectivity index (χ1n) is 10.5. The summed E-state index contributed by atoms with van der Waals surface area (Å²) in [5.41, 5.74) is 1.10. The van der Waals surface area contributed by atoms with Crippen LogP contribution in [0, 0.1) is 0 Å². The summed E-state index contributed by atoms with van der Waals surface area (Å²) < 4.78 is 31.5. The summed E-state index contributed by atoms with van der Waals surface area (Å²) in [6.07, 6.45) is 0. The second kappa shape index (κ2) is 18.6. The van der Waals surface area contributed by atoms with Crippen LogP contribution in [0.2, 0.25) is 0 Å². The number of nitrogens with zero attached hydrogens (tertiary/aromatic N) is 1. The van der Waals surface area contributed by atoms with E-state index in [1.54, 1.807) is 0 Å². The van der Waals surface area contributed by atoms with E-state index in [9.17, 15) is 9.59 Å². The first-order valence-corrected chi connectivity index (χ1v) is 10.5. The molecule has 0 radical (unpaired) electrons. The van der Waals surface area contributed by atoms with Crippen molar-refractivity contribution in [2.24, 2.45) is 0 Å². The number of esters is 2. The summed E-state index contributed by atoms with van der Waals surface area (Å²) in [6, 6.07) is 10.1. The molecule has 0 atom stereocenters. The van der Waals surface area contributed by atoms with Crippen molar-refractivity contribution in [1.29, 1.82) is 0 Å². The van der Waals surface area contributed by atoms with Crippen LogP contribution in [0.15, 0.2) is 30.3 Å². The summed E-state index contributed by atoms with van der Waals surface area (Å²) in [4.78, 5) is 23.5. The van der Waals surface area contributed by atoms with E-state index < -0.39 is 0 Å². The predicted octanol–water partition coefficient (Wildman–Crippen LogP) is 1.69. The Kier molecular flexibility index (Phi) is 16.1. The van der Waals surface area contributed by atoms with Gasteiger partial charge >= 0.3 is 11.9 Å². The van der Waals surface area contributed by atoms with Gasteiger partial charge in [0.05, 0.1) is 52.9 Å². The first-order chi connectivity index (χ1) is 15.1. The molecule has 0 heterocycles. The molecule has 0 aromatic heterocycles. The minimum atomic E-state index is -0.309. The Bertz CT molecular complexity index is 552. The van der Waals surface area contributed by atoms with Gasteiger partial charge in [-0.15, -0.1) is 0 Å². The van der Waals surface area contributed by atoms with E-state index in [1.165, 1.54) is 13.8 Å². The summed E-state index contributed by atoms with van der Waals surface area (Å²) >= 11 is 0. The van der Waals surface area contributed by atoms with Crippen LogP contribution in [0.4, 0.5) is 5.69 Å². The van der Waals surface area contributed by atoms with Gasteiger partial charge in [-0.05, 0) is 12.1 Å². The van der Waals surface area contributed by atoms with E-state index in [0.29, 0.717) is 52.9 Å². The largest absolute Gasteiger partial charge is 0.463 e. The predicted molar refractivity (Wildman–Crippen MR) is 115 cm³/mol. The van der Waals surface area contributed by atoms with Crippen LogP contribution >= 0.6 is 0 Å². The lowest BCUT2D eigenvalue weighted by Gasteiger charge is -2.24. The summed E-state index contributed by atoms with van der Waals surface area (Å²) in [7, 11) is 0. The highest BCUT2D eigenvalue weighted by atomic mass is 16.6. The second-order valence-electron chi connectivity index (χ2n) is 6.45. The van der Waals surface area contributed by atoms with Gasteiger partial charge in [-0.3, -0.25) is 9.59 Å². The molecular formula is C22H35NO8. The number of ether oxygens (including phenoxy) is 6. The van der Waals surface area contributed by atoms with E-state index in [1.807, 2.05) is 18.2 Å². The van der Waals surface area contributed by atoms with E-state index >= 15 is 0 Å². The summed E-state index contributed by atoms with van der Waals surface area (Å²) in [5.74, 6) is -0.617. The molecule has 0 bridgehead atoms. The molecular weight excluding hydrogens is 406 g/mol. The molecule has 31 heavy (non-hydrogen) atoms. The Morgan fingerprint density at radius 2 is 1.00 bits per heavy atom. The van der Waals surface area contributed by atoms with Gasteiger partial charge in [0.15, 0.2) is 0 Å². The van der Waals surface area contributed by atoms with Crippen molar-refractivity contribution in [2.75, 3.05) is 84.1 Å². The first kappa shape index (κ1) is 26.8. The lowest BCUT2D eigenvalue weighted by molar-refractivity contribution is -0.143. The maximum absolute atomic E-state index is 10.6. The van der Waals surface area contributed by atoms with Crippen LogP contribution in [0.1, 0.15) is 13.8 Å². The smallest absolute Gasteiger partial charge is 0.302 e. The molecule has 0 N–H and O–H groups in total. The maximum atomic E-state index is 10.6. The third kappa shape index (κ3) is 16.2. The van der Waals surface area contributed by atoms with Crippen LogP contribution in [0.3, 0.4) is 0 Å². The summed E-state index contributed by atoms with van der Waals surface area (Å²) in [6.45, 7) is 8.40. The van der Waals surface area contributed by atoms with Gasteiger partial charge < -0.3 is 33.3 Å². The number of para-hydroxylation sites is 1. The second-order valence-corrected chi connectivity index (χ2v) is 6.45. The Morgan fingerprint density at radius 3 is 1.42 bits per heavy atom. The van der Waals surface area contributed by atoms with Gasteiger partial charge in [0, 0.05) is 32.6 Å². The van der Waals surface area contributed by atoms with Crippen molar-refractivity contribution in [1.82, 2.24) is 0 Å². The van der Waals surface area contributed by atoms with E-state index in [0.717, 1.165) is 18.8 Å². The molecule has 0 aliphatic rings. The maximum Gasteiger partial charge on any atom is 0.302 e. The topological polar surface area (TPSA) is 92.8 Å². The fraction of sp³-hybridized carbons (Fsp3) is 0.636. The Balaban J connectivity index is 2.13. The molecule has 1 rings (SSSR count). The molecule has 0 amide bonds. The molecule has 0 spiro atoms. The van der Waals surface area contributed by atoms with Crippen molar-refractivity contribution >= 4 is 17.6 Å². The molecule has 0 aliphatic carbocycles. The van der Waals surface area contributed by atoms with Crippen LogP contribution in [-0.4, -0.2) is 91.1 Å². The normalized spacial score (nSPS) is 10.6. The fourth-order valence-electron chi connectivity index (χ4n) is 2.49. The average molecular weight is 442 g/mol. The number of carbonyl (C=O) groups is 2. The zero-order valence-electron chi connectivity index (χ0n) is 18.6. The molecule has 9 heteroatoms. The highest BCUT2D eigenvalue weighted by molar-refractivity contribution is 5.66. The van der Waals surface area contributed by atoms with Crippen molar-refractivity contribution in [3.05, 3.63) is 30.3 Å². The Labute approximate surface area is 184 Å². The Morgan fingerprint density at radius 1 is 0.613 bits per heavy atom. The zero-order valence-corrected chi connectivity index (χ0v) is 18.6. The molecule has 0 fully saturated rings.